The van der Waals surface area contributed by atoms with Gasteiger partial charge in [-0.2, -0.15) is 0 Å². The van der Waals surface area contributed by atoms with Crippen LogP contribution in [0.5, 0.6) is 0 Å². The van der Waals surface area contributed by atoms with Gasteiger partial charge in [0, 0.05) is 17.5 Å². The minimum atomic E-state index is -0.278. The lowest BCUT2D eigenvalue weighted by Gasteiger charge is -2.10. The van der Waals surface area contributed by atoms with Gasteiger partial charge >= 0.3 is 0 Å². The van der Waals surface area contributed by atoms with Crippen molar-refractivity contribution in [1.29, 1.82) is 0 Å². The number of aromatic nitrogens is 1. The number of halogens is 1. The molecule has 1 heterocycles. The topological polar surface area (TPSA) is 84.2 Å². The Labute approximate surface area is 149 Å². The van der Waals surface area contributed by atoms with Gasteiger partial charge in [0.25, 0.3) is 0 Å². The summed E-state index contributed by atoms with van der Waals surface area (Å²) in [5, 5.41) is 10.6. The first-order valence-corrected chi connectivity index (χ1v) is 8.17. The van der Waals surface area contributed by atoms with E-state index in [-0.39, 0.29) is 18.2 Å². The first-order valence-electron chi connectivity index (χ1n) is 7.79. The number of carbonyl (C=O) groups is 2. The first kappa shape index (κ1) is 17.0. The van der Waals surface area contributed by atoms with Gasteiger partial charge in [0.2, 0.25) is 11.8 Å². The van der Waals surface area contributed by atoms with Crippen LogP contribution in [0.2, 0.25) is 5.02 Å². The van der Waals surface area contributed by atoms with Gasteiger partial charge in [-0.05, 0) is 30.3 Å². The molecule has 2 N–H and O–H groups in total. The van der Waals surface area contributed by atoms with E-state index in [1.807, 2.05) is 18.2 Å². The summed E-state index contributed by atoms with van der Waals surface area (Å²) in [6, 6.07) is 12.3. The van der Waals surface area contributed by atoms with Crippen molar-refractivity contribution in [2.24, 2.45) is 0 Å². The zero-order chi connectivity index (χ0) is 17.8. The molecule has 0 saturated heterocycles. The average molecular weight is 358 g/mol. The van der Waals surface area contributed by atoms with Crippen LogP contribution in [0.4, 0.5) is 11.4 Å². The summed E-state index contributed by atoms with van der Waals surface area (Å²) in [7, 11) is 0. The Morgan fingerprint density at radius 1 is 1.12 bits per heavy atom. The third-order valence-electron chi connectivity index (χ3n) is 3.63. The maximum atomic E-state index is 12.3. The standard InChI is InChI=1S/C18H16ClN3O3/c1-2-17(23)20-11-7-8-13(19)15(9-11)21-18(24)10-14-12-5-3-4-6-16(12)25-22-14/h3-9H,2,10H2,1H3,(H,20,23)(H,21,24). The van der Waals surface area contributed by atoms with Crippen molar-refractivity contribution in [2.45, 2.75) is 19.8 Å². The molecule has 0 bridgehead atoms. The molecule has 0 saturated carbocycles. The Kier molecular flexibility index (Phi) is 5.00. The summed E-state index contributed by atoms with van der Waals surface area (Å²) >= 11 is 6.13. The largest absolute Gasteiger partial charge is 0.356 e. The fourth-order valence-corrected chi connectivity index (χ4v) is 2.53. The molecule has 0 spiro atoms. The van der Waals surface area contributed by atoms with Gasteiger partial charge in [-0.25, -0.2) is 0 Å². The van der Waals surface area contributed by atoms with Gasteiger partial charge in [-0.15, -0.1) is 0 Å². The molecule has 2 aromatic carbocycles. The third kappa shape index (κ3) is 3.97. The number of hydrogen-bond acceptors (Lipinski definition) is 4. The van der Waals surface area contributed by atoms with Crippen molar-refractivity contribution in [3.05, 3.63) is 53.2 Å². The quantitative estimate of drug-likeness (QED) is 0.722. The van der Waals surface area contributed by atoms with Crippen molar-refractivity contribution in [1.82, 2.24) is 5.16 Å². The highest BCUT2D eigenvalue weighted by Crippen LogP contribution is 2.26. The predicted molar refractivity (Wildman–Crippen MR) is 96.7 cm³/mol. The second kappa shape index (κ2) is 7.36. The first-order chi connectivity index (χ1) is 12.1. The lowest BCUT2D eigenvalue weighted by molar-refractivity contribution is -0.116. The Hall–Kier alpha value is -2.86. The number of nitrogens with one attached hydrogen (secondary N) is 2. The highest BCUT2D eigenvalue weighted by molar-refractivity contribution is 6.33. The minimum Gasteiger partial charge on any atom is -0.356 e. The molecule has 7 heteroatoms. The van der Waals surface area contributed by atoms with Gasteiger partial charge in [0.05, 0.1) is 17.1 Å². The molecule has 0 unspecified atom stereocenters. The van der Waals surface area contributed by atoms with Crippen molar-refractivity contribution in [2.75, 3.05) is 10.6 Å². The van der Waals surface area contributed by atoms with E-state index < -0.39 is 0 Å². The number of rotatable bonds is 5. The van der Waals surface area contributed by atoms with E-state index in [0.717, 1.165) is 5.39 Å². The SMILES string of the molecule is CCC(=O)Nc1ccc(Cl)c(NC(=O)Cc2noc3ccccc23)c1. The number of para-hydroxylation sites is 1. The third-order valence-corrected chi connectivity index (χ3v) is 3.96. The van der Waals surface area contributed by atoms with E-state index in [4.69, 9.17) is 16.1 Å². The van der Waals surface area contributed by atoms with Gasteiger partial charge in [0.15, 0.2) is 5.58 Å². The highest BCUT2D eigenvalue weighted by atomic mass is 35.5. The maximum absolute atomic E-state index is 12.3. The Morgan fingerprint density at radius 3 is 2.72 bits per heavy atom. The van der Waals surface area contributed by atoms with Crippen LogP contribution < -0.4 is 10.6 Å². The van der Waals surface area contributed by atoms with Crippen LogP contribution in [0, 0.1) is 0 Å². The fourth-order valence-electron chi connectivity index (χ4n) is 2.36. The molecular formula is C18H16ClN3O3. The Bertz CT molecular complexity index is 936. The summed E-state index contributed by atoms with van der Waals surface area (Å²) in [5.74, 6) is -0.395. The number of fused-ring (bicyclic) bond motifs is 1. The molecule has 128 valence electrons. The molecule has 0 radical (unpaired) electrons. The summed E-state index contributed by atoms with van der Waals surface area (Å²) < 4.78 is 5.20. The van der Waals surface area contributed by atoms with E-state index >= 15 is 0 Å². The van der Waals surface area contributed by atoms with E-state index in [2.05, 4.69) is 15.8 Å². The zero-order valence-corrected chi connectivity index (χ0v) is 14.3. The minimum absolute atomic E-state index is 0.0545. The molecular weight excluding hydrogens is 342 g/mol. The Morgan fingerprint density at radius 2 is 1.92 bits per heavy atom. The normalized spacial score (nSPS) is 10.6. The van der Waals surface area contributed by atoms with Crippen LogP contribution in [0.25, 0.3) is 11.0 Å². The van der Waals surface area contributed by atoms with Crippen LogP contribution in [0.15, 0.2) is 47.0 Å². The second-order valence-corrected chi connectivity index (χ2v) is 5.85. The van der Waals surface area contributed by atoms with Gasteiger partial charge in [0.1, 0.15) is 5.69 Å². The second-order valence-electron chi connectivity index (χ2n) is 5.45. The van der Waals surface area contributed by atoms with E-state index in [1.54, 1.807) is 31.2 Å². The number of anilines is 2. The number of benzene rings is 2. The number of amides is 2. The van der Waals surface area contributed by atoms with E-state index in [1.165, 1.54) is 0 Å². The van der Waals surface area contributed by atoms with Crippen molar-refractivity contribution in [3.8, 4) is 0 Å². The van der Waals surface area contributed by atoms with Crippen LogP contribution in [0.1, 0.15) is 19.0 Å². The molecule has 1 aromatic heterocycles. The Balaban J connectivity index is 1.74. The molecule has 3 aromatic rings. The molecule has 2 amide bonds. The number of carbonyl (C=O) groups excluding carboxylic acids is 2. The zero-order valence-electron chi connectivity index (χ0n) is 13.5. The van der Waals surface area contributed by atoms with Crippen LogP contribution in [-0.4, -0.2) is 17.0 Å². The van der Waals surface area contributed by atoms with Crippen LogP contribution in [-0.2, 0) is 16.0 Å². The number of hydrogen-bond donors (Lipinski definition) is 2. The van der Waals surface area contributed by atoms with E-state index in [0.29, 0.717) is 34.1 Å². The fraction of sp³-hybridized carbons (Fsp3) is 0.167. The smallest absolute Gasteiger partial charge is 0.230 e. The molecule has 0 aliphatic rings. The predicted octanol–water partition coefficient (Wildman–Crippen LogP) is 4.01. The molecule has 0 atom stereocenters. The molecule has 0 fully saturated rings. The van der Waals surface area contributed by atoms with Crippen LogP contribution in [0.3, 0.4) is 0 Å². The lowest BCUT2D eigenvalue weighted by Crippen LogP contribution is -2.16. The molecule has 0 aliphatic heterocycles. The molecule has 25 heavy (non-hydrogen) atoms. The monoisotopic (exact) mass is 357 g/mol. The van der Waals surface area contributed by atoms with Gasteiger partial charge in [-0.1, -0.05) is 35.8 Å². The highest BCUT2D eigenvalue weighted by Gasteiger charge is 2.14. The summed E-state index contributed by atoms with van der Waals surface area (Å²) in [4.78, 5) is 23.8. The van der Waals surface area contributed by atoms with E-state index in [9.17, 15) is 9.59 Å². The molecule has 6 nitrogen and oxygen atoms in total. The van der Waals surface area contributed by atoms with Crippen molar-refractivity contribution >= 4 is 45.8 Å². The summed E-state index contributed by atoms with van der Waals surface area (Å²) in [6.07, 6.45) is 0.419. The molecule has 3 rings (SSSR count). The summed E-state index contributed by atoms with van der Waals surface area (Å²) in [6.45, 7) is 1.76. The van der Waals surface area contributed by atoms with Gasteiger partial charge in [-0.3, -0.25) is 9.59 Å². The van der Waals surface area contributed by atoms with Crippen molar-refractivity contribution < 1.29 is 14.1 Å². The van der Waals surface area contributed by atoms with Gasteiger partial charge < -0.3 is 15.2 Å². The summed E-state index contributed by atoms with van der Waals surface area (Å²) in [5.41, 5.74) is 2.18. The maximum Gasteiger partial charge on any atom is 0.230 e. The lowest BCUT2D eigenvalue weighted by atomic mass is 10.1. The molecule has 0 aliphatic carbocycles. The van der Waals surface area contributed by atoms with Crippen molar-refractivity contribution in [3.63, 3.8) is 0 Å². The average Bonchev–Trinajstić information content (AvgIpc) is 3.01. The van der Waals surface area contributed by atoms with Crippen LogP contribution >= 0.6 is 11.6 Å². The number of nitrogens with zero attached hydrogens (tertiary/aromatic N) is 1.